The van der Waals surface area contributed by atoms with Gasteiger partial charge in [0.25, 0.3) is 5.91 Å². The van der Waals surface area contributed by atoms with Crippen molar-refractivity contribution in [2.24, 2.45) is 5.92 Å². The van der Waals surface area contributed by atoms with Crippen LogP contribution in [0.25, 0.3) is 16.5 Å². The van der Waals surface area contributed by atoms with E-state index in [1.807, 2.05) is 61.5 Å². The lowest BCUT2D eigenvalue weighted by Gasteiger charge is -2.28. The molecule has 1 aromatic heterocycles. The van der Waals surface area contributed by atoms with Crippen LogP contribution in [0.5, 0.6) is 5.75 Å². The number of anilines is 1. The third-order valence-electron chi connectivity index (χ3n) is 6.99. The summed E-state index contributed by atoms with van der Waals surface area (Å²) in [4.78, 5) is 31.6. The van der Waals surface area contributed by atoms with Gasteiger partial charge in [-0.05, 0) is 17.7 Å². The lowest BCUT2D eigenvalue weighted by molar-refractivity contribution is -0.135. The summed E-state index contributed by atoms with van der Waals surface area (Å²) in [6.07, 6.45) is 5.95. The van der Waals surface area contributed by atoms with E-state index in [0.29, 0.717) is 34.7 Å². The molecule has 0 fully saturated rings. The molecule has 5 rings (SSSR count). The van der Waals surface area contributed by atoms with Crippen molar-refractivity contribution in [1.29, 1.82) is 0 Å². The van der Waals surface area contributed by atoms with E-state index in [0.717, 1.165) is 22.4 Å². The molecule has 0 radical (unpaired) electrons. The number of carboxylic acids is 1. The van der Waals surface area contributed by atoms with Crippen molar-refractivity contribution >= 4 is 57.2 Å². The van der Waals surface area contributed by atoms with Gasteiger partial charge in [0.1, 0.15) is 12.3 Å². The first-order valence-corrected chi connectivity index (χ1v) is 13.2. The van der Waals surface area contributed by atoms with Gasteiger partial charge in [-0.15, -0.1) is 11.6 Å². The molecule has 2 aromatic carbocycles. The van der Waals surface area contributed by atoms with Crippen LogP contribution in [-0.2, 0) is 4.79 Å². The van der Waals surface area contributed by atoms with Crippen LogP contribution in [0.4, 0.5) is 5.69 Å². The molecule has 7 nitrogen and oxygen atoms in total. The molecule has 0 saturated carbocycles. The Hall–Kier alpha value is -3.55. The summed E-state index contributed by atoms with van der Waals surface area (Å²) in [5, 5.41) is 13.7. The topological polar surface area (TPSA) is 91.8 Å². The summed E-state index contributed by atoms with van der Waals surface area (Å²) in [5.41, 5.74) is 3.93. The number of para-hydroxylation sites is 2. The molecule has 38 heavy (non-hydrogen) atoms. The number of hydrogen-bond donors (Lipinski definition) is 2. The number of carboxylic acid groups (broad SMARTS) is 1. The summed E-state index contributed by atoms with van der Waals surface area (Å²) in [5.74, 6) is -0.615. The fraction of sp³-hybridized carbons (Fsp3) is 0.276. The zero-order valence-electron chi connectivity index (χ0n) is 20.9. The van der Waals surface area contributed by atoms with Crippen molar-refractivity contribution in [1.82, 2.24) is 10.3 Å². The highest BCUT2D eigenvalue weighted by Crippen LogP contribution is 2.39. The zero-order chi connectivity index (χ0) is 27.0. The molecule has 2 aliphatic rings. The van der Waals surface area contributed by atoms with Gasteiger partial charge in [0.15, 0.2) is 0 Å². The van der Waals surface area contributed by atoms with Gasteiger partial charge in [-0.2, -0.15) is 0 Å². The number of halogens is 2. The van der Waals surface area contributed by atoms with Crippen molar-refractivity contribution in [2.45, 2.75) is 24.8 Å². The number of amides is 1. The quantitative estimate of drug-likeness (QED) is 0.377. The van der Waals surface area contributed by atoms with Crippen LogP contribution >= 0.6 is 23.2 Å². The Balaban J connectivity index is 1.60. The van der Waals surface area contributed by atoms with Gasteiger partial charge < -0.3 is 20.1 Å². The van der Waals surface area contributed by atoms with E-state index in [9.17, 15) is 14.7 Å². The number of alkyl halides is 1. The van der Waals surface area contributed by atoms with Crippen LogP contribution in [-0.4, -0.2) is 47.5 Å². The summed E-state index contributed by atoms with van der Waals surface area (Å²) < 4.78 is 5.73. The molecule has 2 N–H and O–H groups in total. The fourth-order valence-corrected chi connectivity index (χ4v) is 5.58. The molecular weight excluding hydrogens is 525 g/mol. The van der Waals surface area contributed by atoms with Crippen molar-refractivity contribution in [3.05, 3.63) is 82.5 Å². The SMILES string of the molecule is CC1C(Cl)=CC(c2cccc3c(N(C)CC(=O)O)c(C(=O)N[C@H]4CCOc5ccccc54)cnc23)=CC1Cl. The number of nitrogens with one attached hydrogen (secondary N) is 1. The van der Waals surface area contributed by atoms with Gasteiger partial charge in [-0.25, -0.2) is 0 Å². The molecule has 0 saturated heterocycles. The number of carbonyl (C=O) groups is 2. The smallest absolute Gasteiger partial charge is 0.323 e. The summed E-state index contributed by atoms with van der Waals surface area (Å²) in [6.45, 7) is 2.16. The second kappa shape index (κ2) is 10.7. The highest BCUT2D eigenvalue weighted by atomic mass is 35.5. The molecular formula is C29H27Cl2N3O4. The summed E-state index contributed by atoms with van der Waals surface area (Å²) in [7, 11) is 1.66. The monoisotopic (exact) mass is 551 g/mol. The second-order valence-corrected chi connectivity index (χ2v) is 10.5. The van der Waals surface area contributed by atoms with E-state index in [2.05, 4.69) is 5.32 Å². The Morgan fingerprint density at radius 3 is 2.76 bits per heavy atom. The van der Waals surface area contributed by atoms with E-state index < -0.39 is 5.97 Å². The van der Waals surface area contributed by atoms with Crippen molar-refractivity contribution in [3.8, 4) is 5.75 Å². The van der Waals surface area contributed by atoms with Crippen LogP contribution in [0.1, 0.15) is 40.9 Å². The van der Waals surface area contributed by atoms with Gasteiger partial charge in [0, 0.05) is 47.1 Å². The van der Waals surface area contributed by atoms with Gasteiger partial charge in [0.05, 0.1) is 34.8 Å². The predicted octanol–water partition coefficient (Wildman–Crippen LogP) is 5.77. The fourth-order valence-electron chi connectivity index (χ4n) is 4.99. The van der Waals surface area contributed by atoms with E-state index >= 15 is 0 Å². The largest absolute Gasteiger partial charge is 0.493 e. The predicted molar refractivity (Wildman–Crippen MR) is 150 cm³/mol. The van der Waals surface area contributed by atoms with E-state index in [1.54, 1.807) is 11.9 Å². The number of fused-ring (bicyclic) bond motifs is 2. The van der Waals surface area contributed by atoms with Crippen LogP contribution in [0, 0.1) is 5.92 Å². The van der Waals surface area contributed by atoms with Crippen LogP contribution in [0.3, 0.4) is 0 Å². The molecule has 196 valence electrons. The number of allylic oxidation sites excluding steroid dienone is 4. The number of ether oxygens (including phenoxy) is 1. The Kier molecular flexibility index (Phi) is 7.32. The van der Waals surface area contributed by atoms with Gasteiger partial charge in [-0.3, -0.25) is 14.6 Å². The highest BCUT2D eigenvalue weighted by Gasteiger charge is 2.28. The van der Waals surface area contributed by atoms with Crippen LogP contribution < -0.4 is 15.0 Å². The minimum atomic E-state index is -1.01. The molecule has 0 bridgehead atoms. The lowest BCUT2D eigenvalue weighted by Crippen LogP contribution is -2.34. The molecule has 3 aromatic rings. The number of aromatic nitrogens is 1. The van der Waals surface area contributed by atoms with Crippen LogP contribution in [0.15, 0.2) is 65.8 Å². The minimum Gasteiger partial charge on any atom is -0.493 e. The molecule has 2 heterocycles. The molecule has 1 amide bonds. The number of likely N-dealkylation sites (N-methyl/N-ethyl adjacent to an activating group) is 1. The lowest BCUT2D eigenvalue weighted by atomic mass is 9.91. The first-order chi connectivity index (χ1) is 18.2. The standard InChI is InChI=1S/C29H27Cl2N3O4/c1-16-22(30)12-17(13-23(16)31)18-7-5-8-20-27(18)32-14-21(28(20)34(2)15-26(35)36)29(37)33-24-10-11-38-25-9-4-3-6-19(24)25/h3-9,12-14,16,22,24H,10-11,15H2,1-2H3,(H,33,37)(H,35,36)/t16?,22?,24-/m0/s1. The van der Waals surface area contributed by atoms with Crippen LogP contribution in [0.2, 0.25) is 0 Å². The summed E-state index contributed by atoms with van der Waals surface area (Å²) in [6, 6.07) is 13.0. The van der Waals surface area contributed by atoms with Crippen molar-refractivity contribution in [2.75, 3.05) is 25.1 Å². The number of benzene rings is 2. The molecule has 1 aliphatic heterocycles. The maximum atomic E-state index is 13.7. The number of aliphatic carboxylic acids is 1. The van der Waals surface area contributed by atoms with Gasteiger partial charge >= 0.3 is 5.97 Å². The van der Waals surface area contributed by atoms with Crippen molar-refractivity contribution < 1.29 is 19.4 Å². The normalized spacial score (nSPS) is 20.6. The molecule has 1 aliphatic carbocycles. The minimum absolute atomic E-state index is 0.00658. The third kappa shape index (κ3) is 4.96. The zero-order valence-corrected chi connectivity index (χ0v) is 22.5. The maximum absolute atomic E-state index is 13.7. The summed E-state index contributed by atoms with van der Waals surface area (Å²) >= 11 is 13.0. The Morgan fingerprint density at radius 1 is 1.21 bits per heavy atom. The Labute approximate surface area is 230 Å². The number of hydrogen-bond acceptors (Lipinski definition) is 5. The molecule has 9 heteroatoms. The number of rotatable bonds is 6. The van der Waals surface area contributed by atoms with E-state index in [-0.39, 0.29) is 35.4 Å². The van der Waals surface area contributed by atoms with Gasteiger partial charge in [0.2, 0.25) is 0 Å². The molecule has 0 spiro atoms. The van der Waals surface area contributed by atoms with Crippen molar-refractivity contribution in [3.63, 3.8) is 0 Å². The number of carbonyl (C=O) groups excluding carboxylic acids is 1. The average molecular weight is 552 g/mol. The first-order valence-electron chi connectivity index (χ1n) is 12.3. The highest BCUT2D eigenvalue weighted by molar-refractivity contribution is 6.33. The third-order valence-corrected chi connectivity index (χ3v) is 7.94. The van der Waals surface area contributed by atoms with Gasteiger partial charge in [-0.1, -0.05) is 61.0 Å². The Bertz CT molecular complexity index is 1490. The maximum Gasteiger partial charge on any atom is 0.323 e. The first kappa shape index (κ1) is 26.1. The molecule has 3 atom stereocenters. The average Bonchev–Trinajstić information content (AvgIpc) is 2.90. The van der Waals surface area contributed by atoms with E-state index in [4.69, 9.17) is 32.9 Å². The number of pyridine rings is 1. The Morgan fingerprint density at radius 2 is 2.00 bits per heavy atom. The van der Waals surface area contributed by atoms with E-state index in [1.165, 1.54) is 6.20 Å². The number of nitrogens with zero attached hydrogens (tertiary/aromatic N) is 2. The second-order valence-electron chi connectivity index (χ2n) is 9.56. The molecule has 2 unspecified atom stereocenters.